The van der Waals surface area contributed by atoms with Crippen LogP contribution in [0.4, 0.5) is 5.82 Å². The van der Waals surface area contributed by atoms with Crippen LogP contribution in [0.1, 0.15) is 18.3 Å². The first-order valence-corrected chi connectivity index (χ1v) is 8.82. The van der Waals surface area contributed by atoms with Crippen LogP contribution in [0.3, 0.4) is 0 Å². The number of benzene rings is 1. The molecule has 1 aromatic carbocycles. The number of imidazole rings is 1. The minimum atomic E-state index is 0.0383. The van der Waals surface area contributed by atoms with Crippen molar-refractivity contribution in [1.82, 2.24) is 19.9 Å². The van der Waals surface area contributed by atoms with Crippen molar-refractivity contribution in [1.29, 1.82) is 0 Å². The molecule has 0 saturated carbocycles. The third kappa shape index (κ3) is 2.75. The Morgan fingerprint density at radius 2 is 2.19 bits per heavy atom. The fraction of sp³-hybridized carbons (Fsp3) is 0.316. The third-order valence-corrected chi connectivity index (χ3v) is 4.65. The summed E-state index contributed by atoms with van der Waals surface area (Å²) in [4.78, 5) is 13.5. The van der Waals surface area contributed by atoms with Crippen molar-refractivity contribution in [2.24, 2.45) is 4.99 Å². The molecule has 0 unspecified atom stereocenters. The van der Waals surface area contributed by atoms with Crippen molar-refractivity contribution in [3.8, 4) is 0 Å². The van der Waals surface area contributed by atoms with Gasteiger partial charge in [0.1, 0.15) is 11.3 Å². The van der Waals surface area contributed by atoms with Crippen molar-refractivity contribution >= 4 is 39.5 Å². The largest absolute Gasteiger partial charge is 0.395 e. The van der Waals surface area contributed by atoms with Gasteiger partial charge in [-0.05, 0) is 29.8 Å². The summed E-state index contributed by atoms with van der Waals surface area (Å²) in [5.41, 5.74) is 10.9. The summed E-state index contributed by atoms with van der Waals surface area (Å²) < 4.78 is 2.04. The van der Waals surface area contributed by atoms with Gasteiger partial charge in [-0.15, -0.1) is 0 Å². The van der Waals surface area contributed by atoms with E-state index in [0.29, 0.717) is 31.0 Å². The van der Waals surface area contributed by atoms with Gasteiger partial charge in [0.25, 0.3) is 0 Å². The molecule has 1 aliphatic heterocycles. The Bertz CT molecular complexity index is 1030. The molecule has 4 rings (SSSR count). The molecule has 0 amide bonds. The number of allylic oxidation sites excluding steroid dienone is 1. The first kappa shape index (κ1) is 16.7. The van der Waals surface area contributed by atoms with Gasteiger partial charge in [-0.2, -0.15) is 0 Å². The van der Waals surface area contributed by atoms with Crippen molar-refractivity contribution in [2.45, 2.75) is 20.0 Å². The maximum Gasteiger partial charge on any atom is 0.152 e. The van der Waals surface area contributed by atoms with Crippen LogP contribution in [0.5, 0.6) is 0 Å². The zero-order valence-corrected chi connectivity index (χ0v) is 14.7. The summed E-state index contributed by atoms with van der Waals surface area (Å²) in [6.07, 6.45) is 3.85. The van der Waals surface area contributed by atoms with Crippen LogP contribution < -0.4 is 11.1 Å². The standard InChI is InChI=1S/C19H22N6O/c1-2-21-11-16-24-17-18(25(16)7-8-26)14-4-3-12(13-5-6-22-10-13)9-15(14)23-19(17)20/h3-6,9,21,26H,2,7-8,10-11H2,1H3,(H2,20,23). The van der Waals surface area contributed by atoms with E-state index in [4.69, 9.17) is 5.73 Å². The first-order chi connectivity index (χ1) is 12.7. The molecule has 2 aromatic heterocycles. The maximum absolute atomic E-state index is 9.54. The van der Waals surface area contributed by atoms with Gasteiger partial charge in [0.2, 0.25) is 0 Å². The fourth-order valence-corrected chi connectivity index (χ4v) is 3.40. The number of aliphatic hydroxyl groups is 1. The van der Waals surface area contributed by atoms with E-state index in [1.807, 2.05) is 29.8 Å². The highest BCUT2D eigenvalue weighted by molar-refractivity contribution is 6.07. The number of aliphatic imine (C=N–C) groups is 1. The molecule has 3 aromatic rings. The molecule has 7 heteroatoms. The van der Waals surface area contributed by atoms with Crippen LogP contribution in [0, 0.1) is 0 Å². The summed E-state index contributed by atoms with van der Waals surface area (Å²) in [5, 5.41) is 13.8. The number of aliphatic hydroxyl groups excluding tert-OH is 1. The van der Waals surface area contributed by atoms with Crippen molar-refractivity contribution in [3.63, 3.8) is 0 Å². The Kier molecular flexibility index (Phi) is 4.40. The molecule has 0 spiro atoms. The summed E-state index contributed by atoms with van der Waals surface area (Å²) in [7, 11) is 0. The lowest BCUT2D eigenvalue weighted by Gasteiger charge is -2.10. The Labute approximate surface area is 151 Å². The summed E-state index contributed by atoms with van der Waals surface area (Å²) in [6.45, 7) is 4.71. The summed E-state index contributed by atoms with van der Waals surface area (Å²) in [5.74, 6) is 1.27. The molecule has 0 saturated heterocycles. The first-order valence-electron chi connectivity index (χ1n) is 8.82. The zero-order chi connectivity index (χ0) is 18.1. The highest BCUT2D eigenvalue weighted by Gasteiger charge is 2.17. The lowest BCUT2D eigenvalue weighted by atomic mass is 10.0. The number of nitrogens with one attached hydrogen (secondary N) is 1. The maximum atomic E-state index is 9.54. The number of fused-ring (bicyclic) bond motifs is 3. The van der Waals surface area contributed by atoms with E-state index >= 15 is 0 Å². The van der Waals surface area contributed by atoms with Gasteiger partial charge in [0.05, 0.1) is 30.7 Å². The van der Waals surface area contributed by atoms with E-state index in [-0.39, 0.29) is 6.61 Å². The number of nitrogen functional groups attached to an aromatic ring is 1. The molecule has 0 bridgehead atoms. The van der Waals surface area contributed by atoms with E-state index in [9.17, 15) is 5.11 Å². The lowest BCUT2D eigenvalue weighted by molar-refractivity contribution is 0.276. The van der Waals surface area contributed by atoms with Crippen LogP contribution in [0.25, 0.3) is 27.5 Å². The topological polar surface area (TPSA) is 101 Å². The summed E-state index contributed by atoms with van der Waals surface area (Å²) >= 11 is 0. The third-order valence-electron chi connectivity index (χ3n) is 4.65. The van der Waals surface area contributed by atoms with Crippen LogP contribution in [-0.2, 0) is 13.1 Å². The van der Waals surface area contributed by atoms with Crippen LogP contribution in [0.15, 0.2) is 29.3 Å². The Hall–Kier alpha value is -2.77. The molecule has 7 nitrogen and oxygen atoms in total. The molecule has 0 radical (unpaired) electrons. The normalized spacial score (nSPS) is 13.8. The zero-order valence-electron chi connectivity index (χ0n) is 14.7. The quantitative estimate of drug-likeness (QED) is 0.628. The van der Waals surface area contributed by atoms with Gasteiger partial charge in [0, 0.05) is 18.1 Å². The number of aromatic nitrogens is 3. The molecule has 0 atom stereocenters. The predicted molar refractivity (Wildman–Crippen MR) is 105 cm³/mol. The highest BCUT2D eigenvalue weighted by Crippen LogP contribution is 2.31. The van der Waals surface area contributed by atoms with Gasteiger partial charge >= 0.3 is 0 Å². The monoisotopic (exact) mass is 350 g/mol. The van der Waals surface area contributed by atoms with Crippen LogP contribution in [0.2, 0.25) is 0 Å². The molecular weight excluding hydrogens is 328 g/mol. The van der Waals surface area contributed by atoms with Gasteiger partial charge < -0.3 is 20.7 Å². The van der Waals surface area contributed by atoms with E-state index in [1.54, 1.807) is 0 Å². The van der Waals surface area contributed by atoms with E-state index in [1.165, 1.54) is 5.57 Å². The molecule has 4 N–H and O–H groups in total. The lowest BCUT2D eigenvalue weighted by Crippen LogP contribution is -2.17. The molecule has 3 heterocycles. The Morgan fingerprint density at radius 3 is 2.92 bits per heavy atom. The fourth-order valence-electron chi connectivity index (χ4n) is 3.40. The number of hydrogen-bond donors (Lipinski definition) is 3. The molecule has 1 aliphatic rings. The minimum absolute atomic E-state index is 0.0383. The molecule has 134 valence electrons. The average molecular weight is 350 g/mol. The van der Waals surface area contributed by atoms with Gasteiger partial charge in [0.15, 0.2) is 5.82 Å². The summed E-state index contributed by atoms with van der Waals surface area (Å²) in [6, 6.07) is 6.19. The van der Waals surface area contributed by atoms with Crippen molar-refractivity contribution < 1.29 is 5.11 Å². The Morgan fingerprint density at radius 1 is 1.31 bits per heavy atom. The van der Waals surface area contributed by atoms with Gasteiger partial charge in [-0.3, -0.25) is 4.99 Å². The number of nitrogens with zero attached hydrogens (tertiary/aromatic N) is 4. The SMILES string of the molecule is CCNCc1nc2c(N)nc3cc(C4=CC=NC4)ccc3c2n1CCO. The number of rotatable bonds is 6. The second-order valence-electron chi connectivity index (χ2n) is 6.29. The highest BCUT2D eigenvalue weighted by atomic mass is 16.3. The van der Waals surface area contributed by atoms with Crippen LogP contribution in [-0.4, -0.2) is 45.6 Å². The van der Waals surface area contributed by atoms with Gasteiger partial charge in [-0.25, -0.2) is 9.97 Å². The molecule has 0 aliphatic carbocycles. The number of anilines is 1. The van der Waals surface area contributed by atoms with Crippen molar-refractivity contribution in [2.75, 3.05) is 25.4 Å². The number of hydrogen-bond acceptors (Lipinski definition) is 6. The molecule has 0 fully saturated rings. The Balaban J connectivity index is 1.93. The second-order valence-corrected chi connectivity index (χ2v) is 6.29. The molecule has 26 heavy (non-hydrogen) atoms. The smallest absolute Gasteiger partial charge is 0.152 e. The van der Waals surface area contributed by atoms with E-state index < -0.39 is 0 Å². The number of nitrogens with two attached hydrogens (primary N) is 1. The van der Waals surface area contributed by atoms with Gasteiger partial charge in [-0.1, -0.05) is 19.1 Å². The van der Waals surface area contributed by atoms with E-state index in [2.05, 4.69) is 32.4 Å². The minimum Gasteiger partial charge on any atom is -0.395 e. The van der Waals surface area contributed by atoms with Crippen LogP contribution >= 0.6 is 0 Å². The molecular formula is C19H22N6O. The second kappa shape index (κ2) is 6.86. The van der Waals surface area contributed by atoms with E-state index in [0.717, 1.165) is 34.4 Å². The predicted octanol–water partition coefficient (Wildman–Crippen LogP) is 1.74. The van der Waals surface area contributed by atoms with Crippen molar-refractivity contribution in [3.05, 3.63) is 35.7 Å². The average Bonchev–Trinajstić information content (AvgIpc) is 3.29. The number of pyridine rings is 1.